The average molecular weight is 237 g/mol. The summed E-state index contributed by atoms with van der Waals surface area (Å²) in [6.07, 6.45) is -1.12. The second kappa shape index (κ2) is 6.25. The molecule has 0 heterocycles. The molecule has 2 unspecified atom stereocenters. The summed E-state index contributed by atoms with van der Waals surface area (Å²) in [6.45, 7) is 5.50. The SMILES string of the molecule is Cc1cccc(OC(C)C(=O)NCC(C)O)c1. The number of benzene rings is 1. The fourth-order valence-electron chi connectivity index (χ4n) is 1.34. The van der Waals surface area contributed by atoms with Crippen LogP contribution in [0.25, 0.3) is 0 Å². The van der Waals surface area contributed by atoms with E-state index in [0.29, 0.717) is 5.75 Å². The summed E-state index contributed by atoms with van der Waals surface area (Å²) in [5, 5.41) is 11.7. The predicted molar refractivity (Wildman–Crippen MR) is 66.0 cm³/mol. The van der Waals surface area contributed by atoms with Crippen molar-refractivity contribution in [3.63, 3.8) is 0 Å². The Morgan fingerprint density at radius 1 is 1.47 bits per heavy atom. The maximum Gasteiger partial charge on any atom is 0.260 e. The quantitative estimate of drug-likeness (QED) is 0.810. The van der Waals surface area contributed by atoms with Crippen LogP contribution in [0.15, 0.2) is 24.3 Å². The van der Waals surface area contributed by atoms with Gasteiger partial charge in [0.05, 0.1) is 6.10 Å². The lowest BCUT2D eigenvalue weighted by Crippen LogP contribution is -2.39. The first-order valence-electron chi connectivity index (χ1n) is 5.68. The van der Waals surface area contributed by atoms with Crippen molar-refractivity contribution in [2.45, 2.75) is 33.0 Å². The molecule has 1 amide bonds. The first-order valence-corrected chi connectivity index (χ1v) is 5.68. The van der Waals surface area contributed by atoms with E-state index in [1.807, 2.05) is 31.2 Å². The maximum atomic E-state index is 11.6. The largest absolute Gasteiger partial charge is 0.481 e. The highest BCUT2D eigenvalue weighted by atomic mass is 16.5. The third-order valence-corrected chi connectivity index (χ3v) is 2.24. The Balaban J connectivity index is 2.48. The van der Waals surface area contributed by atoms with E-state index < -0.39 is 12.2 Å². The summed E-state index contributed by atoms with van der Waals surface area (Å²) >= 11 is 0. The Kier molecular flexibility index (Phi) is 4.97. The second-order valence-corrected chi connectivity index (χ2v) is 4.17. The lowest BCUT2D eigenvalue weighted by Gasteiger charge is -2.15. The summed E-state index contributed by atoms with van der Waals surface area (Å²) in [4.78, 5) is 11.6. The van der Waals surface area contributed by atoms with E-state index in [1.54, 1.807) is 13.8 Å². The van der Waals surface area contributed by atoms with Crippen molar-refractivity contribution in [1.82, 2.24) is 5.32 Å². The van der Waals surface area contributed by atoms with E-state index in [2.05, 4.69) is 5.32 Å². The van der Waals surface area contributed by atoms with Gasteiger partial charge in [0.25, 0.3) is 5.91 Å². The van der Waals surface area contributed by atoms with Gasteiger partial charge < -0.3 is 15.2 Å². The average Bonchev–Trinajstić information content (AvgIpc) is 2.25. The highest BCUT2D eigenvalue weighted by Gasteiger charge is 2.14. The van der Waals surface area contributed by atoms with Crippen molar-refractivity contribution in [2.24, 2.45) is 0 Å². The Morgan fingerprint density at radius 2 is 2.18 bits per heavy atom. The lowest BCUT2D eigenvalue weighted by atomic mass is 10.2. The number of nitrogens with one attached hydrogen (secondary N) is 1. The zero-order valence-electron chi connectivity index (χ0n) is 10.4. The van der Waals surface area contributed by atoms with Gasteiger partial charge in [0.1, 0.15) is 5.75 Å². The van der Waals surface area contributed by atoms with E-state index in [0.717, 1.165) is 5.56 Å². The smallest absolute Gasteiger partial charge is 0.260 e. The van der Waals surface area contributed by atoms with Gasteiger partial charge in [-0.1, -0.05) is 12.1 Å². The maximum absolute atomic E-state index is 11.6. The molecule has 1 rings (SSSR count). The number of carbonyl (C=O) groups is 1. The monoisotopic (exact) mass is 237 g/mol. The normalized spacial score (nSPS) is 13.9. The highest BCUT2D eigenvalue weighted by molar-refractivity contribution is 5.80. The number of ether oxygens (including phenoxy) is 1. The Labute approximate surface area is 102 Å². The molecule has 1 aromatic rings. The summed E-state index contributed by atoms with van der Waals surface area (Å²) in [5.41, 5.74) is 1.08. The zero-order valence-corrected chi connectivity index (χ0v) is 10.4. The standard InChI is InChI=1S/C13H19NO3/c1-9-5-4-6-12(7-9)17-11(3)13(16)14-8-10(2)15/h4-7,10-11,15H,8H2,1-3H3,(H,14,16). The first-order chi connectivity index (χ1) is 7.99. The number of amides is 1. The number of hydrogen-bond donors (Lipinski definition) is 2. The topological polar surface area (TPSA) is 58.6 Å². The highest BCUT2D eigenvalue weighted by Crippen LogP contribution is 2.14. The van der Waals surface area contributed by atoms with Crippen molar-refractivity contribution in [1.29, 1.82) is 0 Å². The molecule has 0 aliphatic rings. The van der Waals surface area contributed by atoms with Gasteiger partial charge in [-0.25, -0.2) is 0 Å². The molecule has 0 saturated heterocycles. The molecule has 1 aromatic carbocycles. The van der Waals surface area contributed by atoms with Gasteiger partial charge in [0.15, 0.2) is 6.10 Å². The van der Waals surface area contributed by atoms with E-state index in [4.69, 9.17) is 9.84 Å². The number of carbonyl (C=O) groups excluding carboxylic acids is 1. The van der Waals surface area contributed by atoms with Crippen LogP contribution >= 0.6 is 0 Å². The summed E-state index contributed by atoms with van der Waals surface area (Å²) in [7, 11) is 0. The van der Waals surface area contributed by atoms with Gasteiger partial charge >= 0.3 is 0 Å². The van der Waals surface area contributed by atoms with Crippen LogP contribution in [0, 0.1) is 6.92 Å². The molecule has 0 fully saturated rings. The zero-order chi connectivity index (χ0) is 12.8. The van der Waals surface area contributed by atoms with Gasteiger partial charge in [-0.2, -0.15) is 0 Å². The number of aryl methyl sites for hydroxylation is 1. The molecule has 4 nitrogen and oxygen atoms in total. The number of hydrogen-bond acceptors (Lipinski definition) is 3. The summed E-state index contributed by atoms with van der Waals surface area (Å²) in [6, 6.07) is 7.53. The fraction of sp³-hybridized carbons (Fsp3) is 0.462. The van der Waals surface area contributed by atoms with Crippen LogP contribution < -0.4 is 10.1 Å². The summed E-state index contributed by atoms with van der Waals surface area (Å²) in [5.74, 6) is 0.442. The van der Waals surface area contributed by atoms with Crippen LogP contribution in [-0.4, -0.2) is 29.8 Å². The van der Waals surface area contributed by atoms with Crippen LogP contribution in [0.2, 0.25) is 0 Å². The number of aliphatic hydroxyl groups is 1. The van der Waals surface area contributed by atoms with E-state index in [9.17, 15) is 4.79 Å². The van der Waals surface area contributed by atoms with Crippen LogP contribution in [-0.2, 0) is 4.79 Å². The minimum atomic E-state index is -0.574. The molecule has 0 aliphatic heterocycles. The second-order valence-electron chi connectivity index (χ2n) is 4.17. The van der Waals surface area contributed by atoms with Gasteiger partial charge in [-0.3, -0.25) is 4.79 Å². The van der Waals surface area contributed by atoms with E-state index in [-0.39, 0.29) is 12.5 Å². The molecule has 0 aromatic heterocycles. The predicted octanol–water partition coefficient (Wildman–Crippen LogP) is 1.26. The van der Waals surface area contributed by atoms with Gasteiger partial charge in [-0.05, 0) is 38.5 Å². The van der Waals surface area contributed by atoms with Crippen LogP contribution in [0.5, 0.6) is 5.75 Å². The van der Waals surface area contributed by atoms with Crippen molar-refractivity contribution < 1.29 is 14.6 Å². The molecule has 94 valence electrons. The minimum Gasteiger partial charge on any atom is -0.481 e. The van der Waals surface area contributed by atoms with Gasteiger partial charge in [0.2, 0.25) is 0 Å². The third-order valence-electron chi connectivity index (χ3n) is 2.24. The van der Waals surface area contributed by atoms with Crippen LogP contribution in [0.4, 0.5) is 0 Å². The molecular weight excluding hydrogens is 218 g/mol. The number of rotatable bonds is 5. The lowest BCUT2D eigenvalue weighted by molar-refractivity contribution is -0.127. The van der Waals surface area contributed by atoms with Crippen LogP contribution in [0.1, 0.15) is 19.4 Å². The molecule has 0 aliphatic carbocycles. The molecule has 0 spiro atoms. The molecule has 0 saturated carbocycles. The Bertz CT molecular complexity index is 377. The van der Waals surface area contributed by atoms with Crippen molar-refractivity contribution in [2.75, 3.05) is 6.54 Å². The summed E-state index contributed by atoms with van der Waals surface area (Å²) < 4.78 is 5.50. The molecule has 0 radical (unpaired) electrons. The Morgan fingerprint density at radius 3 is 2.76 bits per heavy atom. The van der Waals surface area contributed by atoms with E-state index >= 15 is 0 Å². The van der Waals surface area contributed by atoms with Crippen LogP contribution in [0.3, 0.4) is 0 Å². The third kappa shape index (κ3) is 4.87. The van der Waals surface area contributed by atoms with Crippen molar-refractivity contribution in [3.05, 3.63) is 29.8 Å². The van der Waals surface area contributed by atoms with Gasteiger partial charge in [0, 0.05) is 6.54 Å². The molecular formula is C13H19NO3. The van der Waals surface area contributed by atoms with Crippen molar-refractivity contribution in [3.8, 4) is 5.75 Å². The molecule has 2 atom stereocenters. The fourth-order valence-corrected chi connectivity index (χ4v) is 1.34. The Hall–Kier alpha value is -1.55. The van der Waals surface area contributed by atoms with E-state index in [1.165, 1.54) is 0 Å². The molecule has 0 bridgehead atoms. The number of aliphatic hydroxyl groups excluding tert-OH is 1. The minimum absolute atomic E-state index is 0.229. The molecule has 2 N–H and O–H groups in total. The first kappa shape index (κ1) is 13.5. The van der Waals surface area contributed by atoms with Crippen molar-refractivity contribution >= 4 is 5.91 Å². The molecule has 17 heavy (non-hydrogen) atoms. The molecule has 4 heteroatoms. The van der Waals surface area contributed by atoms with Gasteiger partial charge in [-0.15, -0.1) is 0 Å².